The number of imidazole rings is 1. The molecule has 2 heterocycles. The maximum atomic E-state index is 12.5. The number of hydrogen-bond donors (Lipinski definition) is 1. The Morgan fingerprint density at radius 1 is 1.10 bits per heavy atom. The summed E-state index contributed by atoms with van der Waals surface area (Å²) in [5, 5.41) is 3.51. The van der Waals surface area contributed by atoms with Crippen LogP contribution >= 0.6 is 0 Å². The van der Waals surface area contributed by atoms with E-state index in [0.717, 1.165) is 41.0 Å². The van der Waals surface area contributed by atoms with E-state index < -0.39 is 0 Å². The molecule has 9 heteroatoms. The summed E-state index contributed by atoms with van der Waals surface area (Å²) >= 11 is 0. The molecule has 1 unspecified atom stereocenters. The zero-order valence-electron chi connectivity index (χ0n) is 18.1. The van der Waals surface area contributed by atoms with Crippen molar-refractivity contribution >= 4 is 11.2 Å². The van der Waals surface area contributed by atoms with Gasteiger partial charge in [-0.2, -0.15) is 0 Å². The summed E-state index contributed by atoms with van der Waals surface area (Å²) in [6, 6.07) is 6.22. The van der Waals surface area contributed by atoms with Gasteiger partial charge in [-0.05, 0) is 44.0 Å². The third kappa shape index (κ3) is 4.25. The van der Waals surface area contributed by atoms with Crippen LogP contribution in [0.25, 0.3) is 11.2 Å². The Bertz CT molecular complexity index is 1140. The molecule has 0 aliphatic carbocycles. The molecule has 3 rings (SSSR count). The lowest BCUT2D eigenvalue weighted by molar-refractivity contribution is 0.354. The first-order valence-electron chi connectivity index (χ1n) is 9.92. The molecule has 0 amide bonds. The molecule has 0 fully saturated rings. The van der Waals surface area contributed by atoms with E-state index in [1.807, 2.05) is 22.8 Å². The lowest BCUT2D eigenvalue weighted by Crippen LogP contribution is -2.37. The zero-order chi connectivity index (χ0) is 21.8. The first-order valence-corrected chi connectivity index (χ1v) is 9.92. The van der Waals surface area contributed by atoms with Gasteiger partial charge in [0.2, 0.25) is 0 Å². The van der Waals surface area contributed by atoms with Gasteiger partial charge in [0.25, 0.3) is 5.56 Å². The second-order valence-electron chi connectivity index (χ2n) is 7.42. The van der Waals surface area contributed by atoms with E-state index in [2.05, 4.69) is 17.2 Å². The Morgan fingerprint density at radius 2 is 1.83 bits per heavy atom. The zero-order valence-corrected chi connectivity index (χ0v) is 18.1. The quantitative estimate of drug-likeness (QED) is 0.526. The van der Waals surface area contributed by atoms with Gasteiger partial charge in [-0.25, -0.2) is 9.78 Å². The topological polar surface area (TPSA) is 92.3 Å². The summed E-state index contributed by atoms with van der Waals surface area (Å²) < 4.78 is 15.0. The third-order valence-corrected chi connectivity index (χ3v) is 5.28. The SMILES string of the molecule is COc1ccc(CC(C)NCCCn2cnc3c2c(=O)n(C)c(=O)n3C)cc1OC. The molecule has 1 atom stereocenters. The van der Waals surface area contributed by atoms with Crippen LogP contribution in [0.1, 0.15) is 18.9 Å². The molecule has 3 aromatic rings. The highest BCUT2D eigenvalue weighted by Gasteiger charge is 2.14. The van der Waals surface area contributed by atoms with Gasteiger partial charge < -0.3 is 19.4 Å². The summed E-state index contributed by atoms with van der Waals surface area (Å²) in [6.45, 7) is 3.56. The molecule has 9 nitrogen and oxygen atoms in total. The van der Waals surface area contributed by atoms with E-state index in [4.69, 9.17) is 9.47 Å². The van der Waals surface area contributed by atoms with Crippen LogP contribution in [0.5, 0.6) is 11.5 Å². The first kappa shape index (κ1) is 21.6. The molecule has 0 aliphatic heterocycles. The van der Waals surface area contributed by atoms with Crippen LogP contribution in [0.2, 0.25) is 0 Å². The van der Waals surface area contributed by atoms with Crippen LogP contribution in [0.4, 0.5) is 0 Å². The van der Waals surface area contributed by atoms with Gasteiger partial charge in [0.15, 0.2) is 22.7 Å². The van der Waals surface area contributed by atoms with Crippen LogP contribution < -0.4 is 26.0 Å². The minimum atomic E-state index is -0.372. The molecular formula is C21H29N5O4. The van der Waals surface area contributed by atoms with Crippen molar-refractivity contribution in [1.29, 1.82) is 0 Å². The normalized spacial score (nSPS) is 12.3. The Labute approximate surface area is 174 Å². The minimum Gasteiger partial charge on any atom is -0.493 e. The number of hydrogen-bond acceptors (Lipinski definition) is 6. The molecule has 0 radical (unpaired) electrons. The van der Waals surface area contributed by atoms with Crippen LogP contribution in [0, 0.1) is 0 Å². The van der Waals surface area contributed by atoms with Gasteiger partial charge in [-0.3, -0.25) is 13.9 Å². The Balaban J connectivity index is 1.58. The molecule has 1 aromatic carbocycles. The maximum absolute atomic E-state index is 12.5. The average molecular weight is 415 g/mol. The highest BCUT2D eigenvalue weighted by atomic mass is 16.5. The minimum absolute atomic E-state index is 0.274. The highest BCUT2D eigenvalue weighted by molar-refractivity contribution is 5.69. The molecule has 30 heavy (non-hydrogen) atoms. The second-order valence-corrected chi connectivity index (χ2v) is 7.42. The Hall–Kier alpha value is -3.07. The molecule has 2 aromatic heterocycles. The van der Waals surface area contributed by atoms with Crippen LogP contribution in [0.15, 0.2) is 34.1 Å². The largest absolute Gasteiger partial charge is 0.493 e. The fourth-order valence-electron chi connectivity index (χ4n) is 3.60. The van der Waals surface area contributed by atoms with Gasteiger partial charge >= 0.3 is 5.69 Å². The predicted molar refractivity (Wildman–Crippen MR) is 116 cm³/mol. The average Bonchev–Trinajstić information content (AvgIpc) is 3.17. The van der Waals surface area contributed by atoms with Crippen molar-refractivity contribution in [2.75, 3.05) is 20.8 Å². The van der Waals surface area contributed by atoms with Crippen molar-refractivity contribution in [2.24, 2.45) is 14.1 Å². The number of aryl methyl sites for hydroxylation is 2. The summed E-state index contributed by atoms with van der Waals surface area (Å²) in [6.07, 6.45) is 3.31. The van der Waals surface area contributed by atoms with E-state index in [-0.39, 0.29) is 17.3 Å². The Kier molecular flexibility index (Phi) is 6.61. The van der Waals surface area contributed by atoms with Crippen LogP contribution in [-0.2, 0) is 27.1 Å². The van der Waals surface area contributed by atoms with E-state index in [1.165, 1.54) is 11.6 Å². The molecular weight excluding hydrogens is 386 g/mol. The number of aromatic nitrogens is 4. The lowest BCUT2D eigenvalue weighted by Gasteiger charge is -2.15. The van der Waals surface area contributed by atoms with Gasteiger partial charge in [0.1, 0.15) is 0 Å². The van der Waals surface area contributed by atoms with Crippen molar-refractivity contribution in [3.8, 4) is 11.5 Å². The monoisotopic (exact) mass is 415 g/mol. The maximum Gasteiger partial charge on any atom is 0.332 e. The molecule has 162 valence electrons. The number of fused-ring (bicyclic) bond motifs is 1. The summed E-state index contributed by atoms with van der Waals surface area (Å²) in [5.41, 5.74) is 1.34. The number of nitrogens with zero attached hydrogens (tertiary/aromatic N) is 4. The van der Waals surface area contributed by atoms with Crippen molar-refractivity contribution in [3.63, 3.8) is 0 Å². The lowest BCUT2D eigenvalue weighted by atomic mass is 10.1. The molecule has 0 spiro atoms. The van der Waals surface area contributed by atoms with Gasteiger partial charge in [0, 0.05) is 26.7 Å². The van der Waals surface area contributed by atoms with E-state index in [9.17, 15) is 9.59 Å². The predicted octanol–water partition coefficient (Wildman–Crippen LogP) is 1.06. The van der Waals surface area contributed by atoms with Crippen molar-refractivity contribution in [2.45, 2.75) is 32.4 Å². The van der Waals surface area contributed by atoms with Crippen LogP contribution in [0.3, 0.4) is 0 Å². The summed E-state index contributed by atoms with van der Waals surface area (Å²) in [7, 11) is 6.37. The summed E-state index contributed by atoms with van der Waals surface area (Å²) in [4.78, 5) is 28.8. The van der Waals surface area contributed by atoms with Crippen molar-refractivity contribution in [3.05, 3.63) is 50.9 Å². The fraction of sp³-hybridized carbons (Fsp3) is 0.476. The highest BCUT2D eigenvalue weighted by Crippen LogP contribution is 2.27. The number of benzene rings is 1. The second kappa shape index (κ2) is 9.17. The molecule has 1 N–H and O–H groups in total. The number of ether oxygens (including phenoxy) is 2. The molecule has 0 saturated heterocycles. The Morgan fingerprint density at radius 3 is 2.53 bits per heavy atom. The third-order valence-electron chi connectivity index (χ3n) is 5.28. The van der Waals surface area contributed by atoms with E-state index in [1.54, 1.807) is 27.6 Å². The van der Waals surface area contributed by atoms with Crippen molar-refractivity contribution < 1.29 is 9.47 Å². The smallest absolute Gasteiger partial charge is 0.332 e. The molecule has 0 saturated carbocycles. The van der Waals surface area contributed by atoms with Gasteiger partial charge in [0.05, 0.1) is 20.5 Å². The number of rotatable bonds is 9. The first-order chi connectivity index (χ1) is 14.4. The van der Waals surface area contributed by atoms with Gasteiger partial charge in [-0.1, -0.05) is 6.07 Å². The number of nitrogens with one attached hydrogen (secondary N) is 1. The van der Waals surface area contributed by atoms with Crippen molar-refractivity contribution in [1.82, 2.24) is 24.0 Å². The molecule has 0 aliphatic rings. The van der Waals surface area contributed by atoms with Gasteiger partial charge in [-0.15, -0.1) is 0 Å². The van der Waals surface area contributed by atoms with E-state index in [0.29, 0.717) is 17.7 Å². The molecule has 0 bridgehead atoms. The summed E-state index contributed by atoms with van der Waals surface area (Å²) in [5.74, 6) is 1.45. The fourth-order valence-corrected chi connectivity index (χ4v) is 3.60. The van der Waals surface area contributed by atoms with Crippen LogP contribution in [-0.4, -0.2) is 45.5 Å². The van der Waals surface area contributed by atoms with E-state index >= 15 is 0 Å². The standard InChI is InChI=1S/C21H29N5O4/c1-14(11-15-7-8-16(29-4)17(12-15)30-5)22-9-6-10-26-13-23-19-18(26)20(27)25(3)21(28)24(19)2/h7-8,12-14,22H,6,9-11H2,1-5H3. The number of methoxy groups -OCH3 is 2.